The fourth-order valence-corrected chi connectivity index (χ4v) is 4.22. The van der Waals surface area contributed by atoms with Crippen LogP contribution in [0.5, 0.6) is 0 Å². The second-order valence-electron chi connectivity index (χ2n) is 9.97. The average molecular weight is 605 g/mol. The van der Waals surface area contributed by atoms with Gasteiger partial charge in [-0.25, -0.2) is 19.1 Å². The maximum atomic E-state index is 13.6. The first kappa shape index (κ1) is 29.7. The third-order valence-electron chi connectivity index (χ3n) is 6.82. The molecule has 1 saturated carbocycles. The first-order chi connectivity index (χ1) is 21.2. The Kier molecular flexibility index (Phi) is 8.50. The minimum atomic E-state index is -1.19. The Hall–Kier alpha value is -5.80. The summed E-state index contributed by atoms with van der Waals surface area (Å²) in [6, 6.07) is 5.18. The Balaban J connectivity index is 1.37. The highest BCUT2D eigenvalue weighted by Gasteiger charge is 2.30. The first-order valence-electron chi connectivity index (χ1n) is 13.5. The Bertz CT molecular complexity index is 1730. The molecule has 1 atom stereocenters. The number of hydrogen-bond donors (Lipinski definition) is 3. The van der Waals surface area contributed by atoms with E-state index in [2.05, 4.69) is 31.2 Å². The van der Waals surface area contributed by atoms with Crippen molar-refractivity contribution >= 4 is 53.1 Å². The second-order valence-corrected chi connectivity index (χ2v) is 9.97. The first-order valence-corrected chi connectivity index (χ1v) is 13.5. The summed E-state index contributed by atoms with van der Waals surface area (Å²) >= 11 is 0. The SMILES string of the molecule is Cc1ccc(C(=O)N(C(=O)OCOC(=O)C(C)NC=O)c2ccon2)cc1Nc1ncnn2cc(C(=O)NC3CC3)c(C)c12. The van der Waals surface area contributed by atoms with E-state index in [1.165, 1.54) is 31.5 Å². The molecule has 3 heterocycles. The lowest BCUT2D eigenvalue weighted by Crippen LogP contribution is -2.39. The third-order valence-corrected chi connectivity index (χ3v) is 6.82. The number of imide groups is 1. The number of hydrogen-bond acceptors (Lipinski definition) is 12. The van der Waals surface area contributed by atoms with Gasteiger partial charge in [0.15, 0.2) is 11.6 Å². The maximum absolute atomic E-state index is 13.6. The summed E-state index contributed by atoms with van der Waals surface area (Å²) in [7, 11) is 0. The largest absolute Gasteiger partial charge is 0.426 e. The fraction of sp³-hybridized carbons (Fsp3) is 0.286. The quantitative estimate of drug-likeness (QED) is 0.128. The van der Waals surface area contributed by atoms with Gasteiger partial charge < -0.3 is 29.9 Å². The van der Waals surface area contributed by atoms with Crippen LogP contribution in [0.2, 0.25) is 0 Å². The minimum absolute atomic E-state index is 0.0699. The molecular formula is C28H28N8O8. The van der Waals surface area contributed by atoms with Crippen LogP contribution >= 0.6 is 0 Å². The molecular weight excluding hydrogens is 576 g/mol. The molecule has 0 saturated heterocycles. The van der Waals surface area contributed by atoms with E-state index in [-0.39, 0.29) is 23.3 Å². The lowest BCUT2D eigenvalue weighted by atomic mass is 10.1. The van der Waals surface area contributed by atoms with Crippen LogP contribution in [0.1, 0.15) is 51.6 Å². The summed E-state index contributed by atoms with van der Waals surface area (Å²) < 4.78 is 16.2. The van der Waals surface area contributed by atoms with Crippen LogP contribution in [0.15, 0.2) is 47.6 Å². The van der Waals surface area contributed by atoms with Crippen LogP contribution in [0.4, 0.5) is 22.1 Å². The molecule has 16 nitrogen and oxygen atoms in total. The van der Waals surface area contributed by atoms with Gasteiger partial charge in [0.2, 0.25) is 13.2 Å². The predicted molar refractivity (Wildman–Crippen MR) is 152 cm³/mol. The van der Waals surface area contributed by atoms with Gasteiger partial charge in [-0.3, -0.25) is 14.4 Å². The van der Waals surface area contributed by atoms with E-state index in [0.29, 0.717) is 39.5 Å². The van der Waals surface area contributed by atoms with E-state index in [0.717, 1.165) is 24.7 Å². The number of fused-ring (bicyclic) bond motifs is 1. The number of nitrogens with zero attached hydrogens (tertiary/aromatic N) is 5. The van der Waals surface area contributed by atoms with Gasteiger partial charge in [0.05, 0.1) is 5.56 Å². The molecule has 5 rings (SSSR count). The van der Waals surface area contributed by atoms with Crippen molar-refractivity contribution in [2.75, 3.05) is 17.0 Å². The molecule has 1 aromatic carbocycles. The minimum Gasteiger partial charge on any atom is -0.426 e. The molecule has 1 unspecified atom stereocenters. The number of aryl methyl sites for hydroxylation is 2. The molecule has 44 heavy (non-hydrogen) atoms. The molecule has 0 bridgehead atoms. The molecule has 4 aromatic rings. The third kappa shape index (κ3) is 6.33. The molecule has 4 amide bonds. The Labute approximate surface area is 249 Å². The van der Waals surface area contributed by atoms with Crippen LogP contribution in [-0.4, -0.2) is 68.9 Å². The number of esters is 1. The van der Waals surface area contributed by atoms with Crippen molar-refractivity contribution in [3.05, 3.63) is 65.3 Å². The average Bonchev–Trinajstić information content (AvgIpc) is 3.51. The number of ether oxygens (including phenoxy) is 2. The molecule has 0 radical (unpaired) electrons. The monoisotopic (exact) mass is 604 g/mol. The van der Waals surface area contributed by atoms with Crippen LogP contribution < -0.4 is 20.9 Å². The summed E-state index contributed by atoms with van der Waals surface area (Å²) in [5, 5.41) is 16.3. The van der Waals surface area contributed by atoms with Gasteiger partial charge in [-0.05, 0) is 56.9 Å². The summed E-state index contributed by atoms with van der Waals surface area (Å²) in [5.41, 5.74) is 3.02. The number of benzene rings is 1. The molecule has 1 fully saturated rings. The number of amides is 4. The van der Waals surface area contributed by atoms with Gasteiger partial charge in [0.25, 0.3) is 11.8 Å². The molecule has 1 aliphatic rings. The van der Waals surface area contributed by atoms with E-state index in [1.807, 2.05) is 6.92 Å². The highest BCUT2D eigenvalue weighted by Crippen LogP contribution is 2.29. The summed E-state index contributed by atoms with van der Waals surface area (Å²) in [6.07, 6.45) is 5.19. The van der Waals surface area contributed by atoms with Crippen LogP contribution in [0.25, 0.3) is 5.52 Å². The second kappa shape index (κ2) is 12.6. The summed E-state index contributed by atoms with van der Waals surface area (Å²) in [4.78, 5) is 66.7. The lowest BCUT2D eigenvalue weighted by Gasteiger charge is -2.19. The maximum Gasteiger partial charge on any atom is 0.425 e. The van der Waals surface area contributed by atoms with Gasteiger partial charge in [-0.1, -0.05) is 11.2 Å². The van der Waals surface area contributed by atoms with Crippen LogP contribution in [0.3, 0.4) is 0 Å². The van der Waals surface area contributed by atoms with E-state index >= 15 is 0 Å². The Morgan fingerprint density at radius 1 is 1.18 bits per heavy atom. The van der Waals surface area contributed by atoms with Crippen molar-refractivity contribution < 1.29 is 38.0 Å². The van der Waals surface area contributed by atoms with Crippen molar-refractivity contribution in [3.8, 4) is 0 Å². The number of carbonyl (C=O) groups is 5. The normalized spacial score (nSPS) is 13.1. The van der Waals surface area contributed by atoms with Gasteiger partial charge in [0, 0.05) is 29.6 Å². The van der Waals surface area contributed by atoms with E-state index in [1.54, 1.807) is 23.7 Å². The summed E-state index contributed by atoms with van der Waals surface area (Å²) in [5.74, 6) is -1.64. The zero-order chi connectivity index (χ0) is 31.4. The number of anilines is 3. The fourth-order valence-electron chi connectivity index (χ4n) is 4.22. The van der Waals surface area contributed by atoms with E-state index in [4.69, 9.17) is 14.0 Å². The topological polar surface area (TPSA) is 199 Å². The lowest BCUT2D eigenvalue weighted by molar-refractivity contribution is -0.154. The molecule has 0 aliphatic heterocycles. The van der Waals surface area contributed by atoms with Crippen molar-refractivity contribution in [2.24, 2.45) is 0 Å². The molecule has 1 aliphatic carbocycles. The van der Waals surface area contributed by atoms with Gasteiger partial charge in [0.1, 0.15) is 24.1 Å². The summed E-state index contributed by atoms with van der Waals surface area (Å²) in [6.45, 7) is 4.16. The molecule has 228 valence electrons. The molecule has 3 N–H and O–H groups in total. The van der Waals surface area contributed by atoms with Gasteiger partial charge >= 0.3 is 12.1 Å². The van der Waals surface area contributed by atoms with E-state index in [9.17, 15) is 24.0 Å². The number of aromatic nitrogens is 4. The van der Waals surface area contributed by atoms with Gasteiger partial charge in [-0.2, -0.15) is 10.00 Å². The molecule has 3 aromatic heterocycles. The number of carbonyl (C=O) groups excluding carboxylic acids is 5. The smallest absolute Gasteiger partial charge is 0.425 e. The van der Waals surface area contributed by atoms with Gasteiger partial charge in [-0.15, -0.1) is 0 Å². The Morgan fingerprint density at radius 3 is 2.68 bits per heavy atom. The van der Waals surface area contributed by atoms with Crippen molar-refractivity contribution in [1.82, 2.24) is 30.4 Å². The van der Waals surface area contributed by atoms with Crippen molar-refractivity contribution in [2.45, 2.75) is 45.7 Å². The van der Waals surface area contributed by atoms with Crippen LogP contribution in [-0.2, 0) is 19.1 Å². The van der Waals surface area contributed by atoms with Crippen LogP contribution in [0, 0.1) is 13.8 Å². The van der Waals surface area contributed by atoms with Crippen molar-refractivity contribution in [1.29, 1.82) is 0 Å². The zero-order valence-corrected chi connectivity index (χ0v) is 23.9. The van der Waals surface area contributed by atoms with Crippen molar-refractivity contribution in [3.63, 3.8) is 0 Å². The molecule has 0 spiro atoms. The molecule has 16 heteroatoms. The Morgan fingerprint density at radius 2 is 1.98 bits per heavy atom. The standard InChI is InChI=1S/C28H28N8O8/c1-15-4-5-18(26(39)36(22-8-9-44-34-22)28(41)43-14-42-27(40)17(3)30-13-37)10-21(15)33-24-23-16(2)20(11-35(23)31-12-29-24)25(38)32-19-6-7-19/h4-5,8-13,17,19H,6-7,14H2,1-3H3,(H,30,37)(H,32,38)(H,29,31,33). The number of rotatable bonds is 11. The highest BCUT2D eigenvalue weighted by atomic mass is 16.7. The highest BCUT2D eigenvalue weighted by molar-refractivity contribution is 6.19. The number of nitrogens with one attached hydrogen (secondary N) is 3. The zero-order valence-electron chi connectivity index (χ0n) is 23.9. The predicted octanol–water partition coefficient (Wildman–Crippen LogP) is 2.39. The van der Waals surface area contributed by atoms with E-state index < -0.39 is 30.8 Å².